The number of aryl methyl sites for hydroxylation is 1. The Hall–Kier alpha value is -3.05. The highest BCUT2D eigenvalue weighted by Gasteiger charge is 2.12. The van der Waals surface area contributed by atoms with Crippen LogP contribution in [0.5, 0.6) is 0 Å². The van der Waals surface area contributed by atoms with Gasteiger partial charge in [-0.25, -0.2) is 18.5 Å². The average Bonchev–Trinajstić information content (AvgIpc) is 2.78. The minimum Gasteiger partial charge on any atom is -0.379 e. The van der Waals surface area contributed by atoms with Crippen molar-refractivity contribution in [3.05, 3.63) is 65.9 Å². The Morgan fingerprint density at radius 3 is 2.53 bits per heavy atom. The zero-order valence-corrected chi connectivity index (χ0v) is 18.6. The number of nitrogens with zero attached hydrogens (tertiary/aromatic N) is 3. The molecule has 0 radical (unpaired) electrons. The van der Waals surface area contributed by atoms with E-state index in [9.17, 15) is 8.42 Å². The van der Waals surface area contributed by atoms with Crippen molar-refractivity contribution in [2.24, 2.45) is 5.14 Å². The maximum absolute atomic E-state index is 11.6. The summed E-state index contributed by atoms with van der Waals surface area (Å²) in [6.45, 7) is 6.24. The SMILES string of the molecule is Cc1cnc(Nc2ccc(CN3CCOCC3)cc2)nc1Nc1cccc(S(N)(=O)=O)c1. The third kappa shape index (κ3) is 5.80. The molecule has 10 heteroatoms. The Balaban J connectivity index is 1.44. The highest BCUT2D eigenvalue weighted by Crippen LogP contribution is 2.23. The molecule has 1 aromatic heterocycles. The lowest BCUT2D eigenvalue weighted by Crippen LogP contribution is -2.35. The first-order chi connectivity index (χ1) is 15.4. The molecule has 1 aliphatic rings. The lowest BCUT2D eigenvalue weighted by atomic mass is 10.2. The second-order valence-corrected chi connectivity index (χ2v) is 9.19. The van der Waals surface area contributed by atoms with Crippen molar-refractivity contribution in [3.63, 3.8) is 0 Å². The van der Waals surface area contributed by atoms with E-state index in [1.54, 1.807) is 18.3 Å². The van der Waals surface area contributed by atoms with E-state index < -0.39 is 10.0 Å². The molecule has 0 unspecified atom stereocenters. The van der Waals surface area contributed by atoms with Crippen molar-refractivity contribution in [1.29, 1.82) is 0 Å². The van der Waals surface area contributed by atoms with Crippen LogP contribution in [-0.4, -0.2) is 49.6 Å². The molecular weight excluding hydrogens is 428 g/mol. The average molecular weight is 455 g/mol. The molecule has 32 heavy (non-hydrogen) atoms. The molecule has 4 rings (SSSR count). The molecular formula is C22H26N6O3S. The summed E-state index contributed by atoms with van der Waals surface area (Å²) in [5, 5.41) is 11.6. The van der Waals surface area contributed by atoms with Crippen molar-refractivity contribution >= 4 is 33.2 Å². The fourth-order valence-corrected chi connectivity index (χ4v) is 3.92. The molecule has 168 valence electrons. The summed E-state index contributed by atoms with van der Waals surface area (Å²) in [7, 11) is -3.78. The molecule has 1 aliphatic heterocycles. The van der Waals surface area contributed by atoms with E-state index >= 15 is 0 Å². The molecule has 0 aliphatic carbocycles. The van der Waals surface area contributed by atoms with E-state index in [1.807, 2.05) is 19.1 Å². The van der Waals surface area contributed by atoms with Crippen molar-refractivity contribution in [2.75, 3.05) is 36.9 Å². The zero-order valence-electron chi connectivity index (χ0n) is 17.8. The number of morpholine rings is 1. The second-order valence-electron chi connectivity index (χ2n) is 7.63. The van der Waals surface area contributed by atoms with Crippen LogP contribution in [0, 0.1) is 6.92 Å². The van der Waals surface area contributed by atoms with Crippen LogP contribution < -0.4 is 15.8 Å². The van der Waals surface area contributed by atoms with Gasteiger partial charge in [-0.15, -0.1) is 0 Å². The summed E-state index contributed by atoms with van der Waals surface area (Å²) in [5.41, 5.74) is 3.50. The van der Waals surface area contributed by atoms with Crippen LogP contribution in [0.15, 0.2) is 59.6 Å². The normalized spacial score (nSPS) is 14.8. The van der Waals surface area contributed by atoms with Gasteiger partial charge in [0, 0.05) is 42.8 Å². The van der Waals surface area contributed by atoms with Crippen LogP contribution in [0.25, 0.3) is 0 Å². The minimum atomic E-state index is -3.78. The summed E-state index contributed by atoms with van der Waals surface area (Å²) in [6, 6.07) is 14.5. The van der Waals surface area contributed by atoms with E-state index in [0.717, 1.165) is 44.1 Å². The number of hydrogen-bond acceptors (Lipinski definition) is 8. The zero-order chi connectivity index (χ0) is 22.6. The van der Waals surface area contributed by atoms with E-state index in [2.05, 4.69) is 37.6 Å². The first kappa shape index (κ1) is 22.2. The third-order valence-electron chi connectivity index (χ3n) is 5.12. The molecule has 4 N–H and O–H groups in total. The van der Waals surface area contributed by atoms with Crippen LogP contribution in [0.4, 0.5) is 23.1 Å². The number of ether oxygens (including phenoxy) is 1. The van der Waals surface area contributed by atoms with Crippen LogP contribution >= 0.6 is 0 Å². The molecule has 9 nitrogen and oxygen atoms in total. The van der Waals surface area contributed by atoms with Gasteiger partial charge in [0.15, 0.2) is 0 Å². The molecule has 2 heterocycles. The summed E-state index contributed by atoms with van der Waals surface area (Å²) in [4.78, 5) is 11.3. The van der Waals surface area contributed by atoms with Crippen LogP contribution in [0.1, 0.15) is 11.1 Å². The summed E-state index contributed by atoms with van der Waals surface area (Å²) in [5.74, 6) is 1.000. The fourth-order valence-electron chi connectivity index (χ4n) is 3.36. The number of benzene rings is 2. The molecule has 3 aromatic rings. The van der Waals surface area contributed by atoms with Gasteiger partial charge in [0.25, 0.3) is 0 Å². The Bertz CT molecular complexity index is 1180. The quantitative estimate of drug-likeness (QED) is 0.498. The predicted octanol–water partition coefficient (Wildman–Crippen LogP) is 2.75. The summed E-state index contributed by atoms with van der Waals surface area (Å²) >= 11 is 0. The minimum absolute atomic E-state index is 0.0322. The Morgan fingerprint density at radius 2 is 1.81 bits per heavy atom. The van der Waals surface area contributed by atoms with E-state index in [-0.39, 0.29) is 4.90 Å². The number of sulfonamides is 1. The predicted molar refractivity (Wildman–Crippen MR) is 124 cm³/mol. The Morgan fingerprint density at radius 1 is 1.06 bits per heavy atom. The fraction of sp³-hybridized carbons (Fsp3) is 0.273. The number of nitrogens with one attached hydrogen (secondary N) is 2. The van der Waals surface area contributed by atoms with Crippen molar-refractivity contribution < 1.29 is 13.2 Å². The van der Waals surface area contributed by atoms with Gasteiger partial charge >= 0.3 is 0 Å². The van der Waals surface area contributed by atoms with Gasteiger partial charge in [-0.3, -0.25) is 4.90 Å². The van der Waals surface area contributed by atoms with E-state index in [0.29, 0.717) is 17.5 Å². The topological polar surface area (TPSA) is 122 Å². The molecule has 1 saturated heterocycles. The second kappa shape index (κ2) is 9.61. The first-order valence-corrected chi connectivity index (χ1v) is 11.8. The highest BCUT2D eigenvalue weighted by molar-refractivity contribution is 7.89. The monoisotopic (exact) mass is 454 g/mol. The van der Waals surface area contributed by atoms with E-state index in [4.69, 9.17) is 9.88 Å². The number of anilines is 4. The maximum atomic E-state index is 11.6. The first-order valence-electron chi connectivity index (χ1n) is 10.3. The molecule has 0 spiro atoms. The third-order valence-corrected chi connectivity index (χ3v) is 6.03. The largest absolute Gasteiger partial charge is 0.379 e. The standard InChI is InChI=1S/C22H26N6O3S/c1-16-14-24-22(27-21(16)25-19-3-2-4-20(13-19)32(23,29)30)26-18-7-5-17(6-8-18)15-28-9-11-31-12-10-28/h2-8,13-14H,9-12,15H2,1H3,(H2,23,29,30)(H2,24,25,26,27). The van der Waals surface area contributed by atoms with E-state index in [1.165, 1.54) is 17.7 Å². The maximum Gasteiger partial charge on any atom is 0.238 e. The summed E-state index contributed by atoms with van der Waals surface area (Å²) in [6.07, 6.45) is 1.70. The number of hydrogen-bond donors (Lipinski definition) is 3. The van der Waals surface area contributed by atoms with Gasteiger partial charge in [-0.1, -0.05) is 18.2 Å². The molecule has 0 atom stereocenters. The van der Waals surface area contributed by atoms with Gasteiger partial charge in [-0.2, -0.15) is 4.98 Å². The molecule has 0 amide bonds. The number of aromatic nitrogens is 2. The molecule has 2 aromatic carbocycles. The number of rotatable bonds is 7. The smallest absolute Gasteiger partial charge is 0.238 e. The van der Waals surface area contributed by atoms with Gasteiger partial charge in [-0.05, 0) is 42.8 Å². The van der Waals surface area contributed by atoms with Crippen molar-refractivity contribution in [2.45, 2.75) is 18.4 Å². The van der Waals surface area contributed by atoms with Crippen molar-refractivity contribution in [3.8, 4) is 0 Å². The number of primary sulfonamides is 1. The van der Waals surface area contributed by atoms with Gasteiger partial charge in [0.05, 0.1) is 18.1 Å². The molecule has 1 fully saturated rings. The van der Waals surface area contributed by atoms with Gasteiger partial charge < -0.3 is 15.4 Å². The summed E-state index contributed by atoms with van der Waals surface area (Å²) < 4.78 is 28.6. The highest BCUT2D eigenvalue weighted by atomic mass is 32.2. The van der Waals surface area contributed by atoms with Gasteiger partial charge in [0.1, 0.15) is 5.82 Å². The van der Waals surface area contributed by atoms with Crippen LogP contribution in [0.2, 0.25) is 0 Å². The molecule has 0 saturated carbocycles. The number of nitrogens with two attached hydrogens (primary N) is 1. The molecule has 0 bridgehead atoms. The lowest BCUT2D eigenvalue weighted by molar-refractivity contribution is 0.0342. The van der Waals surface area contributed by atoms with Crippen LogP contribution in [-0.2, 0) is 21.3 Å². The lowest BCUT2D eigenvalue weighted by Gasteiger charge is -2.26. The van der Waals surface area contributed by atoms with Gasteiger partial charge in [0.2, 0.25) is 16.0 Å². The van der Waals surface area contributed by atoms with Crippen molar-refractivity contribution in [1.82, 2.24) is 14.9 Å². The van der Waals surface area contributed by atoms with Crippen LogP contribution in [0.3, 0.4) is 0 Å². The Labute approximate surface area is 187 Å². The Kier molecular flexibility index (Phi) is 6.66.